The van der Waals surface area contributed by atoms with Gasteiger partial charge in [-0.3, -0.25) is 0 Å². The van der Waals surface area contributed by atoms with Gasteiger partial charge in [0.05, 0.1) is 0 Å². The second-order valence-corrected chi connectivity index (χ2v) is 7.15. The summed E-state index contributed by atoms with van der Waals surface area (Å²) >= 11 is 0. The molecule has 1 fully saturated rings. The Hall–Kier alpha value is -2.82. The molecule has 27 heavy (non-hydrogen) atoms. The lowest BCUT2D eigenvalue weighted by Gasteiger charge is -2.42. The Kier molecular flexibility index (Phi) is 4.84. The van der Waals surface area contributed by atoms with E-state index in [0.717, 1.165) is 16.7 Å². The van der Waals surface area contributed by atoms with Crippen molar-refractivity contribution in [2.24, 2.45) is 5.73 Å². The SMILES string of the molecule is NC1CC(c2ccccc2O)NC(c2ccccc2O)C1c1ccccc1. The lowest BCUT2D eigenvalue weighted by Crippen LogP contribution is -2.47. The topological polar surface area (TPSA) is 78.5 Å². The maximum absolute atomic E-state index is 10.5. The van der Waals surface area contributed by atoms with Gasteiger partial charge in [0.1, 0.15) is 11.5 Å². The highest BCUT2D eigenvalue weighted by atomic mass is 16.3. The Labute approximate surface area is 159 Å². The van der Waals surface area contributed by atoms with Crippen LogP contribution in [0.5, 0.6) is 11.5 Å². The largest absolute Gasteiger partial charge is 0.508 e. The highest BCUT2D eigenvalue weighted by Crippen LogP contribution is 2.45. The van der Waals surface area contributed by atoms with Gasteiger partial charge >= 0.3 is 0 Å². The smallest absolute Gasteiger partial charge is 0.120 e. The van der Waals surface area contributed by atoms with E-state index in [2.05, 4.69) is 17.4 Å². The van der Waals surface area contributed by atoms with Crippen LogP contribution in [-0.4, -0.2) is 16.3 Å². The number of para-hydroxylation sites is 2. The molecule has 0 aliphatic carbocycles. The molecule has 0 saturated carbocycles. The van der Waals surface area contributed by atoms with Crippen molar-refractivity contribution in [3.8, 4) is 11.5 Å². The molecule has 4 unspecified atom stereocenters. The summed E-state index contributed by atoms with van der Waals surface area (Å²) in [6.07, 6.45) is 0.696. The minimum atomic E-state index is -0.165. The predicted octanol–water partition coefficient (Wildman–Crippen LogP) is 3.98. The quantitative estimate of drug-likeness (QED) is 0.570. The van der Waals surface area contributed by atoms with Crippen molar-refractivity contribution in [2.45, 2.75) is 30.5 Å². The maximum Gasteiger partial charge on any atom is 0.120 e. The summed E-state index contributed by atoms with van der Waals surface area (Å²) in [5.74, 6) is 0.527. The van der Waals surface area contributed by atoms with E-state index in [4.69, 9.17) is 5.73 Å². The zero-order chi connectivity index (χ0) is 18.8. The van der Waals surface area contributed by atoms with E-state index in [1.54, 1.807) is 12.1 Å². The fraction of sp³-hybridized carbons (Fsp3) is 0.217. The lowest BCUT2D eigenvalue weighted by molar-refractivity contribution is 0.250. The molecule has 4 heteroatoms. The van der Waals surface area contributed by atoms with Crippen molar-refractivity contribution in [3.63, 3.8) is 0 Å². The Morgan fingerprint density at radius 1 is 0.741 bits per heavy atom. The zero-order valence-electron chi connectivity index (χ0n) is 15.0. The Morgan fingerprint density at radius 2 is 1.30 bits per heavy atom. The standard InChI is InChI=1S/C23H24N2O2/c24-18-14-19(16-10-4-6-12-20(16)26)25-23(17-11-5-7-13-21(17)27)22(18)15-8-2-1-3-9-15/h1-13,18-19,22-23,25-27H,14,24H2. The van der Waals surface area contributed by atoms with Crippen molar-refractivity contribution < 1.29 is 10.2 Å². The van der Waals surface area contributed by atoms with Crippen LogP contribution >= 0.6 is 0 Å². The van der Waals surface area contributed by atoms with Crippen LogP contribution in [0.25, 0.3) is 0 Å². The molecule has 4 atom stereocenters. The van der Waals surface area contributed by atoms with Crippen LogP contribution in [0, 0.1) is 0 Å². The van der Waals surface area contributed by atoms with Gasteiger partial charge in [-0.15, -0.1) is 0 Å². The molecular formula is C23H24N2O2. The maximum atomic E-state index is 10.5. The van der Waals surface area contributed by atoms with Crippen molar-refractivity contribution in [2.75, 3.05) is 0 Å². The van der Waals surface area contributed by atoms with Crippen molar-refractivity contribution in [1.29, 1.82) is 0 Å². The van der Waals surface area contributed by atoms with E-state index < -0.39 is 0 Å². The predicted molar refractivity (Wildman–Crippen MR) is 107 cm³/mol. The van der Waals surface area contributed by atoms with Crippen LogP contribution in [0.3, 0.4) is 0 Å². The number of phenols is 2. The van der Waals surface area contributed by atoms with E-state index in [9.17, 15) is 10.2 Å². The van der Waals surface area contributed by atoms with Crippen LogP contribution in [0.4, 0.5) is 0 Å². The molecule has 1 heterocycles. The Morgan fingerprint density at radius 3 is 1.93 bits per heavy atom. The van der Waals surface area contributed by atoms with E-state index in [0.29, 0.717) is 6.42 Å². The second-order valence-electron chi connectivity index (χ2n) is 7.15. The van der Waals surface area contributed by atoms with Crippen LogP contribution < -0.4 is 11.1 Å². The number of hydrogen-bond donors (Lipinski definition) is 4. The summed E-state index contributed by atoms with van der Waals surface area (Å²) in [6, 6.07) is 24.5. The van der Waals surface area contributed by atoms with Crippen molar-refractivity contribution in [1.82, 2.24) is 5.32 Å². The summed E-state index contributed by atoms with van der Waals surface area (Å²) in [5, 5.41) is 24.5. The molecule has 4 nitrogen and oxygen atoms in total. The van der Waals surface area contributed by atoms with Gasteiger partial charge in [0.25, 0.3) is 0 Å². The lowest BCUT2D eigenvalue weighted by atomic mass is 9.75. The molecule has 5 N–H and O–H groups in total. The molecule has 0 spiro atoms. The number of hydrogen-bond acceptors (Lipinski definition) is 4. The van der Waals surface area contributed by atoms with Gasteiger partial charge < -0.3 is 21.3 Å². The first kappa shape index (κ1) is 17.6. The van der Waals surface area contributed by atoms with Crippen LogP contribution in [0.1, 0.15) is 41.1 Å². The Bertz CT molecular complexity index is 913. The highest BCUT2D eigenvalue weighted by Gasteiger charge is 2.39. The number of piperidine rings is 1. The second kappa shape index (κ2) is 7.43. The molecular weight excluding hydrogens is 336 g/mol. The van der Waals surface area contributed by atoms with Gasteiger partial charge in [-0.25, -0.2) is 0 Å². The van der Waals surface area contributed by atoms with Gasteiger partial charge in [-0.2, -0.15) is 0 Å². The van der Waals surface area contributed by atoms with Gasteiger partial charge in [-0.1, -0.05) is 66.7 Å². The summed E-state index contributed by atoms with van der Waals surface area (Å²) in [7, 11) is 0. The molecule has 138 valence electrons. The fourth-order valence-electron chi connectivity index (χ4n) is 4.20. The van der Waals surface area contributed by atoms with Crippen molar-refractivity contribution in [3.05, 3.63) is 95.6 Å². The number of benzene rings is 3. The monoisotopic (exact) mass is 360 g/mol. The first-order valence-electron chi connectivity index (χ1n) is 9.27. The summed E-state index contributed by atoms with van der Waals surface area (Å²) in [4.78, 5) is 0. The molecule has 1 saturated heterocycles. The number of nitrogens with one attached hydrogen (secondary N) is 1. The average molecular weight is 360 g/mol. The van der Waals surface area contributed by atoms with Crippen LogP contribution in [0.2, 0.25) is 0 Å². The van der Waals surface area contributed by atoms with Gasteiger partial charge in [0.2, 0.25) is 0 Å². The molecule has 1 aliphatic heterocycles. The van der Waals surface area contributed by atoms with E-state index in [-0.39, 0.29) is 35.5 Å². The number of rotatable bonds is 3. The first-order valence-corrected chi connectivity index (χ1v) is 9.27. The van der Waals surface area contributed by atoms with Crippen LogP contribution in [-0.2, 0) is 0 Å². The summed E-state index contributed by atoms with van der Waals surface area (Å²) < 4.78 is 0. The zero-order valence-corrected chi connectivity index (χ0v) is 15.0. The van der Waals surface area contributed by atoms with E-state index in [1.165, 1.54) is 0 Å². The fourth-order valence-corrected chi connectivity index (χ4v) is 4.20. The van der Waals surface area contributed by atoms with Crippen LogP contribution in [0.15, 0.2) is 78.9 Å². The molecule has 3 aromatic carbocycles. The average Bonchev–Trinajstić information content (AvgIpc) is 2.69. The van der Waals surface area contributed by atoms with E-state index >= 15 is 0 Å². The minimum absolute atomic E-state index is 0.0154. The number of aromatic hydroxyl groups is 2. The number of nitrogens with two attached hydrogens (primary N) is 1. The Balaban J connectivity index is 1.77. The third-order valence-corrected chi connectivity index (χ3v) is 5.48. The molecule has 3 aromatic rings. The minimum Gasteiger partial charge on any atom is -0.508 e. The normalized spacial score (nSPS) is 25.2. The van der Waals surface area contributed by atoms with Gasteiger partial charge in [0.15, 0.2) is 0 Å². The molecule has 1 aliphatic rings. The summed E-state index contributed by atoms with van der Waals surface area (Å²) in [6.45, 7) is 0. The van der Waals surface area contributed by atoms with Gasteiger partial charge in [-0.05, 0) is 24.1 Å². The molecule has 0 amide bonds. The third-order valence-electron chi connectivity index (χ3n) is 5.48. The summed E-state index contributed by atoms with van der Waals surface area (Å²) in [5.41, 5.74) is 9.46. The first-order chi connectivity index (χ1) is 13.1. The molecule has 0 radical (unpaired) electrons. The third kappa shape index (κ3) is 3.42. The molecule has 4 rings (SSSR count). The molecule has 0 bridgehead atoms. The highest BCUT2D eigenvalue weighted by molar-refractivity contribution is 5.41. The number of phenolic OH excluding ortho intramolecular Hbond substituents is 2. The van der Waals surface area contributed by atoms with Gasteiger partial charge in [0, 0.05) is 35.2 Å². The molecule has 0 aromatic heterocycles. The van der Waals surface area contributed by atoms with E-state index in [1.807, 2.05) is 54.6 Å². The van der Waals surface area contributed by atoms with Crippen molar-refractivity contribution >= 4 is 0 Å².